The molecule has 0 aromatic heterocycles. The van der Waals surface area contributed by atoms with E-state index in [1.54, 1.807) is 6.07 Å². The maximum absolute atomic E-state index is 13.6. The van der Waals surface area contributed by atoms with E-state index < -0.39 is 11.6 Å². The van der Waals surface area contributed by atoms with E-state index in [4.69, 9.17) is 0 Å². The highest BCUT2D eigenvalue weighted by molar-refractivity contribution is 5.73. The van der Waals surface area contributed by atoms with E-state index in [9.17, 15) is 8.78 Å². The molecule has 1 saturated carbocycles. The molecule has 2 aliphatic rings. The van der Waals surface area contributed by atoms with Crippen molar-refractivity contribution in [3.8, 4) is 0 Å². The predicted octanol–water partition coefficient (Wildman–Crippen LogP) is 3.12. The van der Waals surface area contributed by atoms with E-state index in [0.717, 1.165) is 38.3 Å². The number of hydrogen-bond acceptors (Lipinski definition) is 2. The molecule has 1 heterocycles. The summed E-state index contributed by atoms with van der Waals surface area (Å²) in [7, 11) is 0. The smallest absolute Gasteiger partial charge is 0.184 e. The number of rotatable bonds is 0. The lowest BCUT2D eigenvalue weighted by Gasteiger charge is -2.37. The summed E-state index contributed by atoms with van der Waals surface area (Å²) in [6, 6.07) is 2.75. The summed E-state index contributed by atoms with van der Waals surface area (Å²) < 4.78 is 26.8. The summed E-state index contributed by atoms with van der Waals surface area (Å²) >= 11 is 0. The zero-order valence-corrected chi connectivity index (χ0v) is 8.95. The van der Waals surface area contributed by atoms with Gasteiger partial charge in [0.2, 0.25) is 0 Å². The number of hydrogen-bond donors (Lipinski definition) is 2. The minimum atomic E-state index is -0.789. The number of anilines is 2. The van der Waals surface area contributed by atoms with Crippen LogP contribution in [-0.4, -0.2) is 12.1 Å². The van der Waals surface area contributed by atoms with Crippen LogP contribution in [0.2, 0.25) is 0 Å². The molecule has 4 heteroatoms. The molecule has 2 nitrogen and oxygen atoms in total. The van der Waals surface area contributed by atoms with Gasteiger partial charge < -0.3 is 10.6 Å². The first-order chi connectivity index (χ1) is 7.70. The second-order valence-corrected chi connectivity index (χ2v) is 4.75. The van der Waals surface area contributed by atoms with Crippen LogP contribution in [0.1, 0.15) is 25.7 Å². The van der Waals surface area contributed by atoms with Crippen LogP contribution >= 0.6 is 0 Å². The molecule has 1 aliphatic carbocycles. The lowest BCUT2D eigenvalue weighted by molar-refractivity contribution is 0.475. The Kier molecular flexibility index (Phi) is 2.06. The quantitative estimate of drug-likeness (QED) is 0.707. The SMILES string of the molecule is Fc1ccc2c(c1F)NC1(CCCC1)CN2. The van der Waals surface area contributed by atoms with Gasteiger partial charge in [0, 0.05) is 6.54 Å². The average Bonchev–Trinajstić information content (AvgIpc) is 2.73. The van der Waals surface area contributed by atoms with E-state index in [2.05, 4.69) is 10.6 Å². The number of nitrogens with one attached hydrogen (secondary N) is 2. The van der Waals surface area contributed by atoms with Crippen LogP contribution in [0, 0.1) is 11.6 Å². The van der Waals surface area contributed by atoms with Crippen molar-refractivity contribution in [3.05, 3.63) is 23.8 Å². The van der Waals surface area contributed by atoms with Gasteiger partial charge in [0.25, 0.3) is 0 Å². The fourth-order valence-corrected chi connectivity index (χ4v) is 2.75. The number of fused-ring (bicyclic) bond motifs is 1. The first kappa shape index (κ1) is 9.87. The maximum atomic E-state index is 13.6. The van der Waals surface area contributed by atoms with Crippen LogP contribution in [0.4, 0.5) is 20.2 Å². The number of benzene rings is 1. The molecule has 0 radical (unpaired) electrons. The Labute approximate surface area is 93.0 Å². The van der Waals surface area contributed by atoms with Crippen LogP contribution in [0.25, 0.3) is 0 Å². The first-order valence-electron chi connectivity index (χ1n) is 5.70. The molecule has 2 N–H and O–H groups in total. The second-order valence-electron chi connectivity index (χ2n) is 4.75. The molecular weight excluding hydrogens is 210 g/mol. The minimum absolute atomic E-state index is 0.0678. The van der Waals surface area contributed by atoms with Gasteiger partial charge in [0.05, 0.1) is 16.9 Å². The highest BCUT2D eigenvalue weighted by atomic mass is 19.2. The molecular formula is C12H14F2N2. The van der Waals surface area contributed by atoms with Crippen LogP contribution in [0.15, 0.2) is 12.1 Å². The van der Waals surface area contributed by atoms with Crippen LogP contribution in [-0.2, 0) is 0 Å². The fraction of sp³-hybridized carbons (Fsp3) is 0.500. The molecule has 1 aliphatic heterocycles. The Hall–Kier alpha value is -1.32. The van der Waals surface area contributed by atoms with Crippen LogP contribution in [0.3, 0.4) is 0 Å². The third-order valence-corrected chi connectivity index (χ3v) is 3.66. The summed E-state index contributed by atoms with van der Waals surface area (Å²) in [5, 5.41) is 6.40. The highest BCUT2D eigenvalue weighted by Crippen LogP contribution is 2.40. The van der Waals surface area contributed by atoms with E-state index in [-0.39, 0.29) is 5.54 Å². The van der Waals surface area contributed by atoms with Gasteiger partial charge in [-0.05, 0) is 25.0 Å². The van der Waals surface area contributed by atoms with Gasteiger partial charge >= 0.3 is 0 Å². The van der Waals surface area contributed by atoms with Crippen molar-refractivity contribution in [2.75, 3.05) is 17.2 Å². The molecule has 0 bridgehead atoms. The summed E-state index contributed by atoms with van der Waals surface area (Å²) in [4.78, 5) is 0. The van der Waals surface area contributed by atoms with Crippen LogP contribution in [0.5, 0.6) is 0 Å². The van der Waals surface area contributed by atoms with Crippen molar-refractivity contribution in [3.63, 3.8) is 0 Å². The summed E-state index contributed by atoms with van der Waals surface area (Å²) in [6.07, 6.45) is 4.35. The third kappa shape index (κ3) is 1.36. The van der Waals surface area contributed by atoms with Gasteiger partial charge in [-0.25, -0.2) is 8.78 Å². The predicted molar refractivity (Wildman–Crippen MR) is 59.7 cm³/mol. The Morgan fingerprint density at radius 3 is 2.62 bits per heavy atom. The summed E-state index contributed by atoms with van der Waals surface area (Å²) in [5.41, 5.74) is 0.895. The summed E-state index contributed by atoms with van der Waals surface area (Å²) in [6.45, 7) is 0.797. The molecule has 86 valence electrons. The third-order valence-electron chi connectivity index (χ3n) is 3.66. The Bertz CT molecular complexity index is 425. The van der Waals surface area contributed by atoms with Crippen molar-refractivity contribution in [1.29, 1.82) is 0 Å². The van der Waals surface area contributed by atoms with Gasteiger partial charge in [-0.15, -0.1) is 0 Å². The lowest BCUT2D eigenvalue weighted by Crippen LogP contribution is -2.45. The monoisotopic (exact) mass is 224 g/mol. The topological polar surface area (TPSA) is 24.1 Å². The first-order valence-corrected chi connectivity index (χ1v) is 5.70. The molecule has 0 atom stereocenters. The average molecular weight is 224 g/mol. The zero-order valence-electron chi connectivity index (χ0n) is 8.95. The van der Waals surface area contributed by atoms with Gasteiger partial charge in [-0.3, -0.25) is 0 Å². The van der Waals surface area contributed by atoms with Crippen LogP contribution < -0.4 is 10.6 Å². The molecule has 0 amide bonds. The minimum Gasteiger partial charge on any atom is -0.381 e. The van der Waals surface area contributed by atoms with Gasteiger partial charge in [0.15, 0.2) is 11.6 Å². The Morgan fingerprint density at radius 1 is 1.12 bits per heavy atom. The zero-order chi connectivity index (χ0) is 11.2. The maximum Gasteiger partial charge on any atom is 0.184 e. The molecule has 1 aromatic rings. The van der Waals surface area contributed by atoms with Gasteiger partial charge in [-0.1, -0.05) is 12.8 Å². The highest BCUT2D eigenvalue weighted by Gasteiger charge is 2.38. The molecule has 0 unspecified atom stereocenters. The molecule has 1 aromatic carbocycles. The van der Waals surface area contributed by atoms with Crippen molar-refractivity contribution < 1.29 is 8.78 Å². The van der Waals surface area contributed by atoms with Gasteiger partial charge in [0.1, 0.15) is 0 Å². The molecule has 1 spiro atoms. The largest absolute Gasteiger partial charge is 0.381 e. The van der Waals surface area contributed by atoms with Crippen molar-refractivity contribution in [1.82, 2.24) is 0 Å². The molecule has 16 heavy (non-hydrogen) atoms. The number of halogens is 2. The van der Waals surface area contributed by atoms with Crippen molar-refractivity contribution in [2.45, 2.75) is 31.2 Å². The van der Waals surface area contributed by atoms with Gasteiger partial charge in [-0.2, -0.15) is 0 Å². The van der Waals surface area contributed by atoms with Crippen molar-refractivity contribution >= 4 is 11.4 Å². The lowest BCUT2D eigenvalue weighted by atomic mass is 9.94. The van der Waals surface area contributed by atoms with E-state index in [0.29, 0.717) is 11.4 Å². The molecule has 1 fully saturated rings. The fourth-order valence-electron chi connectivity index (χ4n) is 2.75. The van der Waals surface area contributed by atoms with E-state index in [1.165, 1.54) is 0 Å². The normalized spacial score (nSPS) is 21.4. The molecule has 3 rings (SSSR count). The Morgan fingerprint density at radius 2 is 1.88 bits per heavy atom. The second kappa shape index (κ2) is 3.34. The standard InChI is InChI=1S/C12H14F2N2/c13-8-3-4-9-11(10(8)14)16-12(7-15-9)5-1-2-6-12/h3-4,15-16H,1-2,5-7H2. The van der Waals surface area contributed by atoms with E-state index >= 15 is 0 Å². The Balaban J connectivity index is 2.01. The van der Waals surface area contributed by atoms with Crippen molar-refractivity contribution in [2.24, 2.45) is 0 Å². The summed E-state index contributed by atoms with van der Waals surface area (Å²) in [5.74, 6) is -1.56. The van der Waals surface area contributed by atoms with E-state index in [1.807, 2.05) is 0 Å². The molecule has 0 saturated heterocycles.